The number of thiazole rings is 1. The number of aromatic nitrogens is 1. The molecule has 7 heteroatoms. The minimum atomic E-state index is -0.0458. The SMILES string of the molecule is CCCCN(C)CCC(=O)Nc1nc(-c2ccc(CNC(C)=O)cc2)cs1. The van der Waals surface area contributed by atoms with Crippen molar-refractivity contribution in [3.63, 3.8) is 0 Å². The van der Waals surface area contributed by atoms with Crippen LogP contribution in [0, 0.1) is 0 Å². The smallest absolute Gasteiger partial charge is 0.227 e. The lowest BCUT2D eigenvalue weighted by molar-refractivity contribution is -0.119. The highest BCUT2D eigenvalue weighted by Crippen LogP contribution is 2.25. The van der Waals surface area contributed by atoms with Gasteiger partial charge >= 0.3 is 0 Å². The van der Waals surface area contributed by atoms with Crippen LogP contribution in [0.25, 0.3) is 11.3 Å². The van der Waals surface area contributed by atoms with E-state index in [2.05, 4.69) is 27.4 Å². The first kappa shape index (κ1) is 21.1. The zero-order valence-corrected chi connectivity index (χ0v) is 17.1. The monoisotopic (exact) mass is 388 g/mol. The quantitative estimate of drug-likeness (QED) is 0.653. The van der Waals surface area contributed by atoms with E-state index < -0.39 is 0 Å². The summed E-state index contributed by atoms with van der Waals surface area (Å²) in [4.78, 5) is 29.8. The highest BCUT2D eigenvalue weighted by molar-refractivity contribution is 7.14. The number of carbonyl (C=O) groups excluding carboxylic acids is 2. The van der Waals surface area contributed by atoms with E-state index in [1.54, 1.807) is 0 Å². The van der Waals surface area contributed by atoms with E-state index in [-0.39, 0.29) is 11.8 Å². The molecule has 2 aromatic rings. The molecule has 27 heavy (non-hydrogen) atoms. The number of nitrogens with one attached hydrogen (secondary N) is 2. The molecule has 0 aliphatic rings. The second-order valence-corrected chi connectivity index (χ2v) is 7.46. The topological polar surface area (TPSA) is 74.3 Å². The van der Waals surface area contributed by atoms with Gasteiger partial charge in [-0.3, -0.25) is 9.59 Å². The first-order chi connectivity index (χ1) is 13.0. The van der Waals surface area contributed by atoms with Crippen molar-refractivity contribution in [2.24, 2.45) is 0 Å². The first-order valence-electron chi connectivity index (χ1n) is 9.25. The molecule has 2 rings (SSSR count). The number of rotatable bonds is 10. The molecular weight excluding hydrogens is 360 g/mol. The minimum Gasteiger partial charge on any atom is -0.352 e. The van der Waals surface area contributed by atoms with Crippen molar-refractivity contribution in [2.45, 2.75) is 39.7 Å². The summed E-state index contributed by atoms with van der Waals surface area (Å²) in [5.74, 6) is -0.0552. The van der Waals surface area contributed by atoms with Gasteiger partial charge in [0.15, 0.2) is 5.13 Å². The molecule has 0 fully saturated rings. The number of amides is 2. The Morgan fingerprint density at radius 1 is 1.19 bits per heavy atom. The lowest BCUT2D eigenvalue weighted by Gasteiger charge is -2.15. The van der Waals surface area contributed by atoms with E-state index in [0.29, 0.717) is 18.1 Å². The van der Waals surface area contributed by atoms with Gasteiger partial charge in [0.2, 0.25) is 11.8 Å². The van der Waals surface area contributed by atoms with Crippen molar-refractivity contribution < 1.29 is 9.59 Å². The number of nitrogens with zero attached hydrogens (tertiary/aromatic N) is 2. The van der Waals surface area contributed by atoms with Crippen molar-refractivity contribution >= 4 is 28.3 Å². The predicted octanol–water partition coefficient (Wildman–Crippen LogP) is 3.51. The second kappa shape index (κ2) is 10.8. The van der Waals surface area contributed by atoms with Gasteiger partial charge in [-0.2, -0.15) is 0 Å². The van der Waals surface area contributed by atoms with E-state index in [9.17, 15) is 9.59 Å². The summed E-state index contributed by atoms with van der Waals surface area (Å²) < 4.78 is 0. The lowest BCUT2D eigenvalue weighted by atomic mass is 10.1. The fourth-order valence-corrected chi connectivity index (χ4v) is 3.23. The molecule has 0 aliphatic carbocycles. The molecule has 2 amide bonds. The van der Waals surface area contributed by atoms with Gasteiger partial charge < -0.3 is 15.5 Å². The second-order valence-electron chi connectivity index (χ2n) is 6.60. The number of anilines is 1. The Kier molecular flexibility index (Phi) is 8.42. The van der Waals surface area contributed by atoms with Gasteiger partial charge in [0.1, 0.15) is 0 Å². The summed E-state index contributed by atoms with van der Waals surface area (Å²) in [7, 11) is 2.04. The molecule has 1 aromatic carbocycles. The number of benzene rings is 1. The Morgan fingerprint density at radius 2 is 1.93 bits per heavy atom. The molecule has 0 saturated heterocycles. The Balaban J connectivity index is 1.85. The minimum absolute atomic E-state index is 0.00935. The van der Waals surface area contributed by atoms with Crippen molar-refractivity contribution in [1.82, 2.24) is 15.2 Å². The molecule has 2 N–H and O–H groups in total. The predicted molar refractivity (Wildman–Crippen MR) is 111 cm³/mol. The number of unbranched alkanes of at least 4 members (excludes halogenated alkanes) is 1. The normalized spacial score (nSPS) is 10.8. The van der Waals surface area contributed by atoms with Gasteiger partial charge in [-0.05, 0) is 25.6 Å². The highest BCUT2D eigenvalue weighted by atomic mass is 32.1. The van der Waals surface area contributed by atoms with Gasteiger partial charge in [-0.25, -0.2) is 4.98 Å². The van der Waals surface area contributed by atoms with Crippen LogP contribution in [0.2, 0.25) is 0 Å². The molecule has 0 atom stereocenters. The molecule has 0 spiro atoms. The third kappa shape index (κ3) is 7.48. The maximum Gasteiger partial charge on any atom is 0.227 e. The van der Waals surface area contributed by atoms with E-state index in [1.165, 1.54) is 18.3 Å². The van der Waals surface area contributed by atoms with Gasteiger partial charge in [-0.1, -0.05) is 37.6 Å². The molecule has 0 bridgehead atoms. The van der Waals surface area contributed by atoms with Crippen LogP contribution in [0.15, 0.2) is 29.6 Å². The Morgan fingerprint density at radius 3 is 2.59 bits per heavy atom. The van der Waals surface area contributed by atoms with Crippen molar-refractivity contribution in [3.05, 3.63) is 35.2 Å². The zero-order valence-electron chi connectivity index (χ0n) is 16.2. The largest absolute Gasteiger partial charge is 0.352 e. The van der Waals surface area contributed by atoms with E-state index >= 15 is 0 Å². The van der Waals surface area contributed by atoms with E-state index in [4.69, 9.17) is 0 Å². The van der Waals surface area contributed by atoms with Crippen molar-refractivity contribution in [2.75, 3.05) is 25.5 Å². The molecule has 0 unspecified atom stereocenters. The van der Waals surface area contributed by atoms with Crippen LogP contribution >= 0.6 is 11.3 Å². The third-order valence-electron chi connectivity index (χ3n) is 4.16. The van der Waals surface area contributed by atoms with Gasteiger partial charge in [0.25, 0.3) is 0 Å². The van der Waals surface area contributed by atoms with E-state index in [1.807, 2.05) is 36.7 Å². The summed E-state index contributed by atoms with van der Waals surface area (Å²) in [6, 6.07) is 7.88. The molecule has 0 saturated carbocycles. The highest BCUT2D eigenvalue weighted by Gasteiger charge is 2.09. The lowest BCUT2D eigenvalue weighted by Crippen LogP contribution is -2.25. The molecule has 0 radical (unpaired) electrons. The van der Waals surface area contributed by atoms with Crippen LogP contribution in [0.4, 0.5) is 5.13 Å². The summed E-state index contributed by atoms with van der Waals surface area (Å²) in [6.07, 6.45) is 2.77. The molecule has 6 nitrogen and oxygen atoms in total. The molecule has 146 valence electrons. The molecule has 0 aliphatic heterocycles. The number of carbonyl (C=O) groups is 2. The molecular formula is C20H28N4O2S. The third-order valence-corrected chi connectivity index (χ3v) is 4.91. The number of hydrogen-bond acceptors (Lipinski definition) is 5. The number of hydrogen-bond donors (Lipinski definition) is 2. The van der Waals surface area contributed by atoms with Gasteiger partial charge in [0.05, 0.1) is 5.69 Å². The molecule has 1 heterocycles. The van der Waals surface area contributed by atoms with Crippen molar-refractivity contribution in [3.8, 4) is 11.3 Å². The standard InChI is InChI=1S/C20H28N4O2S/c1-4-5-11-24(3)12-10-19(26)23-20-22-18(14-27-20)17-8-6-16(7-9-17)13-21-15(2)25/h6-9,14H,4-5,10-13H2,1-3H3,(H,21,25)(H,22,23,26). The Bertz CT molecular complexity index is 743. The van der Waals surface area contributed by atoms with Crippen LogP contribution in [-0.2, 0) is 16.1 Å². The van der Waals surface area contributed by atoms with Crippen LogP contribution < -0.4 is 10.6 Å². The van der Waals surface area contributed by atoms with Gasteiger partial charge in [0, 0.05) is 37.4 Å². The summed E-state index contributed by atoms with van der Waals surface area (Å²) in [6.45, 7) is 5.95. The average Bonchev–Trinajstić information content (AvgIpc) is 3.11. The van der Waals surface area contributed by atoms with Gasteiger partial charge in [-0.15, -0.1) is 11.3 Å². The Labute approximate surface area is 165 Å². The maximum absolute atomic E-state index is 12.1. The van der Waals surface area contributed by atoms with Crippen LogP contribution in [-0.4, -0.2) is 41.8 Å². The zero-order chi connectivity index (χ0) is 19.6. The summed E-state index contributed by atoms with van der Waals surface area (Å²) in [5, 5.41) is 8.21. The summed E-state index contributed by atoms with van der Waals surface area (Å²) in [5.41, 5.74) is 2.85. The van der Waals surface area contributed by atoms with Crippen LogP contribution in [0.3, 0.4) is 0 Å². The maximum atomic E-state index is 12.1. The Hall–Kier alpha value is -2.25. The first-order valence-corrected chi connectivity index (χ1v) is 10.1. The average molecular weight is 389 g/mol. The van der Waals surface area contributed by atoms with Crippen LogP contribution in [0.1, 0.15) is 38.7 Å². The summed E-state index contributed by atoms with van der Waals surface area (Å²) >= 11 is 1.43. The van der Waals surface area contributed by atoms with Crippen molar-refractivity contribution in [1.29, 1.82) is 0 Å². The van der Waals surface area contributed by atoms with Crippen LogP contribution in [0.5, 0.6) is 0 Å². The fraction of sp³-hybridized carbons (Fsp3) is 0.450. The fourth-order valence-electron chi connectivity index (χ4n) is 2.50. The molecule has 1 aromatic heterocycles. The van der Waals surface area contributed by atoms with E-state index in [0.717, 1.165) is 42.8 Å².